The number of carbonyl (C=O) groups excluding carboxylic acids is 1. The van der Waals surface area contributed by atoms with Crippen molar-refractivity contribution >= 4 is 641 Å². The molecule has 2 nitrogen and oxygen atoms in total. The highest BCUT2D eigenvalue weighted by molar-refractivity contribution is 8.84. The van der Waals surface area contributed by atoms with Gasteiger partial charge in [0, 0.05) is 652 Å². The van der Waals surface area contributed by atoms with Gasteiger partial charge >= 0.3 is 0 Å². The maximum Gasteiger partial charge on any atom is 0.152 e. The normalized spacial score (nSPS) is 8.28. The van der Waals surface area contributed by atoms with Crippen LogP contribution in [-0.2, 0) is 641 Å². The monoisotopic (exact) mass is 2470 g/mol. The molecule has 0 aromatic carbocycles. The Balaban J connectivity index is 0.00000415. The van der Waals surface area contributed by atoms with Crippen molar-refractivity contribution in [2.45, 2.75) is 33.1 Å². The molecule has 0 aliphatic rings. The molecule has 0 amide bonds. The molecule has 0 bridgehead atoms. The van der Waals surface area contributed by atoms with Crippen LogP contribution < -0.4 is 0 Å². The molecule has 1 heterocycles. The van der Waals surface area contributed by atoms with Crippen LogP contribution in [0.15, 0.2) is 12.1 Å². The Kier molecular flexibility index (Phi) is 102. The third kappa shape index (κ3) is 82.1. The van der Waals surface area contributed by atoms with Crippen molar-refractivity contribution in [3.8, 4) is 11.8 Å². The number of aldehydes is 1. The molecular formula is C13H15NOS71. The lowest BCUT2D eigenvalue weighted by Gasteiger charge is -2.17. The van der Waals surface area contributed by atoms with Gasteiger partial charge in [-0.1, -0.05) is 26.7 Å². The molecule has 0 radical (unpaired) electrons. The third-order valence-corrected chi connectivity index (χ3v) is 155. The van der Waals surface area contributed by atoms with Crippen molar-refractivity contribution in [1.29, 1.82) is 0 Å². The quantitative estimate of drug-likeness (QED) is 0.320. The highest BCUT2D eigenvalue weighted by Gasteiger charge is 2.16. The number of pyridine rings is 1. The van der Waals surface area contributed by atoms with E-state index in [1.54, 1.807) is 120 Å². The topological polar surface area (TPSA) is 30.0 Å². The largest absolute Gasteiger partial charge is 0.298 e. The molecule has 0 aliphatic heterocycles. The number of aromatic nitrogens is 1. The van der Waals surface area contributed by atoms with E-state index in [1.807, 2.05) is 494 Å². The van der Waals surface area contributed by atoms with Gasteiger partial charge in [0.1, 0.15) is 5.69 Å². The van der Waals surface area contributed by atoms with E-state index >= 15 is 0 Å². The summed E-state index contributed by atoms with van der Waals surface area (Å²) < 4.78 is 0. The predicted octanol–water partition coefficient (Wildman–Crippen LogP) is 2.39. The van der Waals surface area contributed by atoms with E-state index in [0.717, 1.165) is 12.0 Å². The van der Waals surface area contributed by atoms with Crippen LogP contribution in [0.2, 0.25) is 0 Å². The summed E-state index contributed by atoms with van der Waals surface area (Å²) in [5, 5.41) is 0. The highest BCUT2D eigenvalue weighted by Crippen LogP contribution is 2.20. The second-order valence-electron chi connectivity index (χ2n) is 9.07. The van der Waals surface area contributed by atoms with Crippen LogP contribution in [0, 0.1) is 11.8 Å². The summed E-state index contributed by atoms with van der Waals surface area (Å²) >= 11 is 9.65. The summed E-state index contributed by atoms with van der Waals surface area (Å²) in [6.45, 7) is 7.98. The van der Waals surface area contributed by atoms with E-state index in [9.17, 15) is 4.79 Å². The first kappa shape index (κ1) is 100. The molecule has 86 heavy (non-hydrogen) atoms. The summed E-state index contributed by atoms with van der Waals surface area (Å²) in [4.78, 5) is 15.2. The van der Waals surface area contributed by atoms with E-state index < -0.39 is 0 Å². The molecule has 0 saturated heterocycles. The minimum absolute atomic E-state index is 0.0222. The SMILES string of the molecule is CC#Cc1nc(C(C)(C)C)ccc1C=O.S=S=S=S=S=S=S=S=S=S=S=S=S=S=S=S=S=S=S=S=S=S=S=S=S=S=S=S=S=S=S=S=S=S=S=S=S=S=S=S=S=S=S=S=S=S=S=S=S=S=S=S=S=S=S=S=S=S=S=S=S=S=S=S=S=S=S=S=S=S=S. The highest BCUT2D eigenvalue weighted by atomic mass is 33.5. The van der Waals surface area contributed by atoms with Gasteiger partial charge in [0.25, 0.3) is 0 Å². The second kappa shape index (κ2) is 87.9. The molecular weight excluding hydrogens is 2460 g/mol. The standard InChI is InChI=1S/C13H15NO.S71/c1-5-6-11-10(9-15)7-8-12(14-11)13(2,3)4;1-3-5-7-9-11-13-15-17-19-21-23-25-27-29-31-33-35-37-39-41-43-45-47-49-51-53-55-57-59-61-63-65-67-69-71-70-68-66-64-62-60-58-56-54-52-50-48-46-44-42-40-38-36-34-32-30-28-26-24-22-20-18-16-14-12-10-8-6-4-2/h7-9H,1-4H3;. The van der Waals surface area contributed by atoms with E-state index in [4.69, 9.17) is 22.4 Å². The molecule has 0 saturated carbocycles. The maximum absolute atomic E-state index is 10.8. The molecule has 73 heteroatoms. The zero-order valence-corrected chi connectivity index (χ0v) is 96.5. The van der Waals surface area contributed by atoms with Crippen molar-refractivity contribution in [3.05, 3.63) is 29.1 Å². The maximum atomic E-state index is 10.8. The summed E-state index contributed by atoms with van der Waals surface area (Å²) in [5.74, 6) is 5.61. The van der Waals surface area contributed by atoms with Gasteiger partial charge in [-0.2, -0.15) is 0 Å². The van der Waals surface area contributed by atoms with Crippen molar-refractivity contribution in [2.75, 3.05) is 0 Å². The predicted molar refractivity (Wildman–Crippen MR) is 584 cm³/mol. The molecule has 1 aromatic rings. The van der Waals surface area contributed by atoms with Crippen LogP contribution in [0.3, 0.4) is 0 Å². The number of hydrogen-bond acceptors (Lipinski definition) is 4. The molecule has 0 spiro atoms. The van der Waals surface area contributed by atoms with Crippen LogP contribution in [0.5, 0.6) is 0 Å². The lowest BCUT2D eigenvalue weighted by molar-refractivity contribution is 0.112. The molecule has 0 aliphatic carbocycles. The molecule has 1 rings (SSSR count). The average Bonchev–Trinajstić information content (AvgIpc) is 3.31. The Morgan fingerprint density at radius 3 is 0.558 bits per heavy atom. The van der Waals surface area contributed by atoms with Crippen molar-refractivity contribution in [2.24, 2.45) is 0 Å². The van der Waals surface area contributed by atoms with Crippen LogP contribution in [-0.4, -0.2) is 11.3 Å². The molecule has 0 unspecified atom stereocenters. The Morgan fingerprint density at radius 2 is 0.442 bits per heavy atom. The van der Waals surface area contributed by atoms with Crippen molar-refractivity contribution in [3.63, 3.8) is 0 Å². The Hall–Kier alpha value is 14.0. The first-order valence-corrected chi connectivity index (χ1v) is 110. The Bertz CT molecular complexity index is 5820. The summed E-state index contributed by atoms with van der Waals surface area (Å²) in [6, 6.07) is 3.66. The van der Waals surface area contributed by atoms with Crippen LogP contribution in [0.25, 0.3) is 0 Å². The first-order chi connectivity index (χ1) is 42.4. The van der Waals surface area contributed by atoms with Gasteiger partial charge in [0.2, 0.25) is 0 Å². The number of nitrogens with zero attached hydrogens (tertiary/aromatic N) is 1. The van der Waals surface area contributed by atoms with Crippen LogP contribution >= 0.6 is 0 Å². The van der Waals surface area contributed by atoms with E-state index in [0.29, 0.717) is 11.3 Å². The minimum Gasteiger partial charge on any atom is -0.298 e. The molecule has 0 N–H and O–H groups in total. The second-order valence-corrected chi connectivity index (χ2v) is 131. The van der Waals surface area contributed by atoms with Crippen LogP contribution in [0.4, 0.5) is 0 Å². The fraction of sp³-hybridized carbons (Fsp3) is 0.385. The number of rotatable bonds is 1. The number of hydrogen-bond donors (Lipinski definition) is 0. The zero-order chi connectivity index (χ0) is 62.3. The summed E-state index contributed by atoms with van der Waals surface area (Å²) in [6.07, 6.45) is 0.791. The molecule has 0 fully saturated rings. The lowest BCUT2D eigenvalue weighted by Crippen LogP contribution is -2.14. The summed E-state index contributed by atoms with van der Waals surface area (Å²) in [5.41, 5.74) is 2.05. The van der Waals surface area contributed by atoms with Gasteiger partial charge in [-0.3, -0.25) is 4.79 Å². The van der Waals surface area contributed by atoms with E-state index in [-0.39, 0.29) is 5.41 Å². The van der Waals surface area contributed by atoms with Gasteiger partial charge in [-0.15, -0.1) is 0 Å². The van der Waals surface area contributed by atoms with Gasteiger partial charge < -0.3 is 0 Å². The zero-order valence-electron chi connectivity index (χ0n) is 38.6. The van der Waals surface area contributed by atoms with Crippen molar-refractivity contribution in [1.82, 2.24) is 4.98 Å². The van der Waals surface area contributed by atoms with E-state index in [2.05, 4.69) is 37.6 Å². The van der Waals surface area contributed by atoms with Gasteiger partial charge in [0.05, 0.1) is 0 Å². The average molecular weight is 2480 g/mol. The van der Waals surface area contributed by atoms with Gasteiger partial charge in [0.15, 0.2) is 6.29 Å². The lowest BCUT2D eigenvalue weighted by atomic mass is 9.91. The fourth-order valence-electron chi connectivity index (χ4n) is 1.96. The van der Waals surface area contributed by atoms with Crippen LogP contribution in [0.1, 0.15) is 49.4 Å². The fourth-order valence-corrected chi connectivity index (χ4v) is 186. The van der Waals surface area contributed by atoms with Gasteiger partial charge in [-0.25, -0.2) is 4.98 Å². The Labute approximate surface area is 704 Å². The number of carbonyl (C=O) groups is 1. The molecule has 0 atom stereocenters. The molecule has 1 aromatic heterocycles. The first-order valence-electron chi connectivity index (χ1n) is 16.5. The third-order valence-electron chi connectivity index (χ3n) is 3.95. The van der Waals surface area contributed by atoms with Gasteiger partial charge in [-0.05, 0) is 25.0 Å². The summed E-state index contributed by atoms with van der Waals surface area (Å²) in [7, 11) is 124. The smallest absolute Gasteiger partial charge is 0.152 e. The van der Waals surface area contributed by atoms with E-state index in [1.165, 1.54) is 17.8 Å². The van der Waals surface area contributed by atoms with Crippen molar-refractivity contribution < 1.29 is 4.79 Å². The minimum atomic E-state index is -0.0222. The molecule has 504 valence electrons. The Morgan fingerprint density at radius 1 is 0.291 bits per heavy atom.